The molecular weight excluding hydrogens is 274 g/mol. The predicted octanol–water partition coefficient (Wildman–Crippen LogP) is 3.37. The van der Waals surface area contributed by atoms with Gasteiger partial charge >= 0.3 is 0 Å². The van der Waals surface area contributed by atoms with Crippen molar-refractivity contribution < 1.29 is 5.11 Å². The second-order valence-electron chi connectivity index (χ2n) is 3.25. The Morgan fingerprint density at radius 2 is 2.00 bits per heavy atom. The van der Waals surface area contributed by atoms with Gasteiger partial charge in [-0.3, -0.25) is 0 Å². The highest BCUT2D eigenvalue weighted by atomic mass is 79.9. The van der Waals surface area contributed by atoms with E-state index < -0.39 is 0 Å². The van der Waals surface area contributed by atoms with Crippen LogP contribution < -0.4 is 0 Å². The number of aliphatic hydroxyl groups excluding tert-OH is 1. The predicted molar refractivity (Wildman–Crippen MR) is 65.9 cm³/mol. The fourth-order valence-corrected chi connectivity index (χ4v) is 2.92. The second kappa shape index (κ2) is 4.43. The van der Waals surface area contributed by atoms with Gasteiger partial charge in [-0.2, -0.15) is 0 Å². The van der Waals surface area contributed by atoms with E-state index in [1.165, 1.54) is 16.9 Å². The van der Waals surface area contributed by atoms with Crippen LogP contribution in [0.2, 0.25) is 0 Å². The lowest BCUT2D eigenvalue weighted by Gasteiger charge is -1.98. The average Bonchev–Trinajstić information content (AvgIpc) is 2.61. The second-order valence-corrected chi connectivity index (χ2v) is 5.09. The molecule has 0 aliphatic carbocycles. The number of aryl methyl sites for hydroxylation is 1. The van der Waals surface area contributed by atoms with Gasteiger partial charge in [0, 0.05) is 0 Å². The first-order valence-electron chi connectivity index (χ1n) is 4.54. The lowest BCUT2D eigenvalue weighted by molar-refractivity contribution is 0.281. The molecule has 0 aliphatic heterocycles. The lowest BCUT2D eigenvalue weighted by atomic mass is 10.1. The molecule has 0 bridgehead atoms. The molecule has 4 heteroatoms. The Hall–Kier alpha value is -0.710. The minimum absolute atomic E-state index is 0.00483. The monoisotopic (exact) mass is 283 g/mol. The maximum Gasteiger partial charge on any atom is 0.125 e. The highest BCUT2D eigenvalue weighted by Gasteiger charge is 2.09. The number of hydrogen-bond acceptors (Lipinski definition) is 3. The van der Waals surface area contributed by atoms with Gasteiger partial charge in [0.1, 0.15) is 9.61 Å². The van der Waals surface area contributed by atoms with Crippen molar-refractivity contribution in [3.63, 3.8) is 0 Å². The number of halogens is 1. The first-order chi connectivity index (χ1) is 7.20. The average molecular weight is 284 g/mol. The maximum absolute atomic E-state index is 8.99. The van der Waals surface area contributed by atoms with Gasteiger partial charge in [-0.15, -0.1) is 11.3 Å². The van der Waals surface area contributed by atoms with Crippen LogP contribution in [0.1, 0.15) is 10.6 Å². The standard InChI is InChI=1S/C11H10BrNOS/c1-7-2-4-8(5-3-7)10-11(12)13-9(6-14)15-10/h2-5,14H,6H2,1H3. The van der Waals surface area contributed by atoms with E-state index in [9.17, 15) is 0 Å². The van der Waals surface area contributed by atoms with Crippen molar-refractivity contribution in [2.75, 3.05) is 0 Å². The van der Waals surface area contributed by atoms with Crippen LogP contribution in [0.3, 0.4) is 0 Å². The molecule has 0 amide bonds. The summed E-state index contributed by atoms with van der Waals surface area (Å²) in [6.07, 6.45) is 0. The number of rotatable bonds is 2. The summed E-state index contributed by atoms with van der Waals surface area (Å²) in [7, 11) is 0. The number of benzene rings is 1. The summed E-state index contributed by atoms with van der Waals surface area (Å²) in [5, 5.41) is 9.73. The van der Waals surface area contributed by atoms with Gasteiger partial charge in [-0.05, 0) is 28.4 Å². The molecule has 2 nitrogen and oxygen atoms in total. The van der Waals surface area contributed by atoms with Gasteiger partial charge < -0.3 is 5.11 Å². The molecule has 1 aromatic carbocycles. The van der Waals surface area contributed by atoms with E-state index in [1.807, 2.05) is 0 Å². The molecule has 0 fully saturated rings. The fourth-order valence-electron chi connectivity index (χ4n) is 1.29. The van der Waals surface area contributed by atoms with Gasteiger partial charge in [0.05, 0.1) is 11.5 Å². The molecule has 15 heavy (non-hydrogen) atoms. The van der Waals surface area contributed by atoms with Crippen LogP contribution in [0.4, 0.5) is 0 Å². The van der Waals surface area contributed by atoms with Gasteiger partial charge in [-0.1, -0.05) is 29.8 Å². The molecule has 2 aromatic rings. The minimum Gasteiger partial charge on any atom is -0.389 e. The van der Waals surface area contributed by atoms with E-state index in [0.29, 0.717) is 0 Å². The summed E-state index contributed by atoms with van der Waals surface area (Å²) in [6, 6.07) is 8.27. The molecular formula is C11H10BrNOS. The summed E-state index contributed by atoms with van der Waals surface area (Å²) in [4.78, 5) is 5.28. The Balaban J connectivity index is 2.44. The fraction of sp³-hybridized carbons (Fsp3) is 0.182. The molecule has 1 aromatic heterocycles. The van der Waals surface area contributed by atoms with Crippen molar-refractivity contribution in [1.82, 2.24) is 4.98 Å². The number of aromatic nitrogens is 1. The van der Waals surface area contributed by atoms with Crippen LogP contribution in [-0.4, -0.2) is 10.1 Å². The Morgan fingerprint density at radius 3 is 2.53 bits per heavy atom. The third-order valence-corrected chi connectivity index (χ3v) is 4.00. The third-order valence-electron chi connectivity index (χ3n) is 2.08. The topological polar surface area (TPSA) is 33.1 Å². The summed E-state index contributed by atoms with van der Waals surface area (Å²) in [5.41, 5.74) is 2.37. The van der Waals surface area contributed by atoms with Crippen molar-refractivity contribution in [3.8, 4) is 10.4 Å². The molecule has 0 saturated heterocycles. The lowest BCUT2D eigenvalue weighted by Crippen LogP contribution is -1.77. The highest BCUT2D eigenvalue weighted by molar-refractivity contribution is 9.10. The van der Waals surface area contributed by atoms with Gasteiger partial charge in [0.2, 0.25) is 0 Å². The molecule has 0 spiro atoms. The Labute approximate surface area is 101 Å². The zero-order valence-corrected chi connectivity index (χ0v) is 10.6. The van der Waals surface area contributed by atoms with E-state index in [2.05, 4.69) is 52.1 Å². The zero-order chi connectivity index (χ0) is 10.8. The summed E-state index contributed by atoms with van der Waals surface area (Å²) in [6.45, 7) is 2.06. The van der Waals surface area contributed by atoms with Gasteiger partial charge in [-0.25, -0.2) is 4.98 Å². The van der Waals surface area contributed by atoms with E-state index in [-0.39, 0.29) is 6.61 Å². The first-order valence-corrected chi connectivity index (χ1v) is 6.15. The number of hydrogen-bond donors (Lipinski definition) is 1. The highest BCUT2D eigenvalue weighted by Crippen LogP contribution is 2.33. The van der Waals surface area contributed by atoms with Crippen molar-refractivity contribution in [2.45, 2.75) is 13.5 Å². The van der Waals surface area contributed by atoms with Crippen LogP contribution in [0.25, 0.3) is 10.4 Å². The van der Waals surface area contributed by atoms with Crippen molar-refractivity contribution in [1.29, 1.82) is 0 Å². The number of nitrogens with zero attached hydrogens (tertiary/aromatic N) is 1. The van der Waals surface area contributed by atoms with Crippen molar-refractivity contribution in [3.05, 3.63) is 39.4 Å². The SMILES string of the molecule is Cc1ccc(-c2sc(CO)nc2Br)cc1. The van der Waals surface area contributed by atoms with Gasteiger partial charge in [0.25, 0.3) is 0 Å². The zero-order valence-electron chi connectivity index (χ0n) is 8.20. The van der Waals surface area contributed by atoms with E-state index >= 15 is 0 Å². The molecule has 0 aliphatic rings. The van der Waals surface area contributed by atoms with Crippen LogP contribution in [0.15, 0.2) is 28.9 Å². The van der Waals surface area contributed by atoms with E-state index in [1.54, 1.807) is 0 Å². The minimum atomic E-state index is -0.00483. The quantitative estimate of drug-likeness (QED) is 0.917. The van der Waals surface area contributed by atoms with Crippen LogP contribution in [0.5, 0.6) is 0 Å². The molecule has 0 atom stereocenters. The first kappa shape index (κ1) is 10.8. The Morgan fingerprint density at radius 1 is 1.33 bits per heavy atom. The number of aliphatic hydroxyl groups is 1. The number of thiazole rings is 1. The molecule has 0 radical (unpaired) electrons. The Bertz CT molecular complexity index is 464. The molecule has 1 N–H and O–H groups in total. The van der Waals surface area contributed by atoms with E-state index in [0.717, 1.165) is 20.1 Å². The van der Waals surface area contributed by atoms with Crippen LogP contribution >= 0.6 is 27.3 Å². The third kappa shape index (κ3) is 2.27. The van der Waals surface area contributed by atoms with Crippen molar-refractivity contribution in [2.24, 2.45) is 0 Å². The maximum atomic E-state index is 8.99. The molecule has 0 saturated carbocycles. The van der Waals surface area contributed by atoms with Crippen molar-refractivity contribution >= 4 is 27.3 Å². The normalized spacial score (nSPS) is 10.6. The summed E-state index contributed by atoms with van der Waals surface area (Å²) < 4.78 is 0.806. The van der Waals surface area contributed by atoms with E-state index in [4.69, 9.17) is 5.11 Å². The molecule has 78 valence electrons. The molecule has 1 heterocycles. The van der Waals surface area contributed by atoms with Crippen LogP contribution in [-0.2, 0) is 6.61 Å². The largest absolute Gasteiger partial charge is 0.389 e. The van der Waals surface area contributed by atoms with Gasteiger partial charge in [0.15, 0.2) is 0 Å². The Kier molecular flexibility index (Phi) is 3.19. The summed E-state index contributed by atoms with van der Waals surface area (Å²) in [5.74, 6) is 0. The molecule has 0 unspecified atom stereocenters. The summed E-state index contributed by atoms with van der Waals surface area (Å²) >= 11 is 4.91. The van der Waals surface area contributed by atoms with Crippen LogP contribution in [0, 0.1) is 6.92 Å². The smallest absolute Gasteiger partial charge is 0.125 e. The molecule has 2 rings (SSSR count).